The smallest absolute Gasteiger partial charge is 0.0972 e. The lowest BCUT2D eigenvalue weighted by molar-refractivity contribution is 0.314. The summed E-state index contributed by atoms with van der Waals surface area (Å²) in [7, 11) is 0. The van der Waals surface area contributed by atoms with Crippen molar-refractivity contribution in [2.75, 3.05) is 6.54 Å². The molecule has 0 aliphatic heterocycles. The highest BCUT2D eigenvalue weighted by atomic mass is 32.1. The number of hydrogen-bond acceptors (Lipinski definition) is 3. The molecule has 2 unspecified atom stereocenters. The minimum Gasteiger partial charge on any atom is -0.330 e. The first-order valence-electron chi connectivity index (χ1n) is 6.85. The highest BCUT2D eigenvalue weighted by molar-refractivity contribution is 7.18. The van der Waals surface area contributed by atoms with E-state index in [4.69, 9.17) is 10.7 Å². The number of nitrogens with zero attached hydrogens (tertiary/aromatic N) is 1. The molecule has 2 N–H and O–H groups in total. The Bertz CT molecular complexity index is 546. The second-order valence-electron chi connectivity index (χ2n) is 5.41. The fourth-order valence-electron chi connectivity index (χ4n) is 3.03. The highest BCUT2D eigenvalue weighted by Crippen LogP contribution is 2.40. The molecular weight excluding hydrogens is 240 g/mol. The van der Waals surface area contributed by atoms with Crippen LogP contribution in [0.1, 0.15) is 42.2 Å². The third-order valence-electron chi connectivity index (χ3n) is 4.09. The van der Waals surface area contributed by atoms with Crippen LogP contribution in [0.3, 0.4) is 0 Å². The van der Waals surface area contributed by atoms with Gasteiger partial charge in [0.2, 0.25) is 0 Å². The zero-order chi connectivity index (χ0) is 12.5. The highest BCUT2D eigenvalue weighted by Gasteiger charge is 2.27. The van der Waals surface area contributed by atoms with E-state index in [9.17, 15) is 0 Å². The predicted octanol–water partition coefficient (Wildman–Crippen LogP) is 3.84. The summed E-state index contributed by atoms with van der Waals surface area (Å²) in [6, 6.07) is 6.56. The Hall–Kier alpha value is -0.930. The normalized spacial score (nSPS) is 24.6. The molecule has 1 aromatic carbocycles. The van der Waals surface area contributed by atoms with Crippen LogP contribution < -0.4 is 5.73 Å². The Morgan fingerprint density at radius 3 is 3.00 bits per heavy atom. The summed E-state index contributed by atoms with van der Waals surface area (Å²) >= 11 is 1.86. The molecule has 1 aromatic heterocycles. The van der Waals surface area contributed by atoms with Crippen molar-refractivity contribution in [3.05, 3.63) is 28.8 Å². The van der Waals surface area contributed by atoms with Gasteiger partial charge >= 0.3 is 0 Å². The molecule has 0 saturated heterocycles. The van der Waals surface area contributed by atoms with Gasteiger partial charge in [0.25, 0.3) is 0 Å². The molecule has 96 valence electrons. The van der Waals surface area contributed by atoms with Crippen LogP contribution in [0.15, 0.2) is 18.2 Å². The van der Waals surface area contributed by atoms with Gasteiger partial charge in [-0.1, -0.05) is 18.9 Å². The topological polar surface area (TPSA) is 38.9 Å². The molecular formula is C15H20N2S. The van der Waals surface area contributed by atoms with E-state index in [-0.39, 0.29) is 0 Å². The van der Waals surface area contributed by atoms with E-state index < -0.39 is 0 Å². The van der Waals surface area contributed by atoms with Crippen molar-refractivity contribution in [2.24, 2.45) is 11.7 Å². The fraction of sp³-hybridized carbons (Fsp3) is 0.533. The van der Waals surface area contributed by atoms with Gasteiger partial charge in [0.1, 0.15) is 0 Å². The Labute approximate surface area is 112 Å². The van der Waals surface area contributed by atoms with Crippen molar-refractivity contribution < 1.29 is 0 Å². The number of thiazole rings is 1. The van der Waals surface area contributed by atoms with Crippen molar-refractivity contribution >= 4 is 21.6 Å². The van der Waals surface area contributed by atoms with E-state index in [0.717, 1.165) is 12.1 Å². The lowest BCUT2D eigenvalue weighted by atomic mass is 9.79. The van der Waals surface area contributed by atoms with Crippen LogP contribution in [-0.2, 0) is 0 Å². The summed E-state index contributed by atoms with van der Waals surface area (Å²) in [6.07, 6.45) is 5.20. The Balaban J connectivity index is 1.97. The van der Waals surface area contributed by atoms with Gasteiger partial charge in [0.05, 0.1) is 15.2 Å². The summed E-state index contributed by atoms with van der Waals surface area (Å²) in [5.41, 5.74) is 8.38. The summed E-state index contributed by atoms with van der Waals surface area (Å²) in [5, 5.41) is 1.31. The first-order valence-corrected chi connectivity index (χ1v) is 7.66. The van der Waals surface area contributed by atoms with E-state index in [1.165, 1.54) is 41.0 Å². The van der Waals surface area contributed by atoms with Crippen LogP contribution in [0.5, 0.6) is 0 Å². The number of aromatic nitrogens is 1. The SMILES string of the molecule is Cc1ccc2sc(C3CCCCC3CN)nc2c1. The number of hydrogen-bond donors (Lipinski definition) is 1. The fourth-order valence-corrected chi connectivity index (χ4v) is 4.20. The van der Waals surface area contributed by atoms with Crippen molar-refractivity contribution in [2.45, 2.75) is 38.5 Å². The van der Waals surface area contributed by atoms with E-state index in [2.05, 4.69) is 25.1 Å². The summed E-state index contributed by atoms with van der Waals surface area (Å²) < 4.78 is 1.32. The molecule has 1 heterocycles. The number of aryl methyl sites for hydroxylation is 1. The minimum absolute atomic E-state index is 0.599. The molecule has 0 bridgehead atoms. The van der Waals surface area contributed by atoms with Gasteiger partial charge in [-0.05, 0) is 49.9 Å². The zero-order valence-electron chi connectivity index (χ0n) is 10.9. The average molecular weight is 260 g/mol. The molecule has 0 amide bonds. The molecule has 1 aliphatic rings. The summed E-state index contributed by atoms with van der Waals surface area (Å²) in [5.74, 6) is 1.24. The van der Waals surface area contributed by atoms with Gasteiger partial charge in [-0.15, -0.1) is 11.3 Å². The first-order chi connectivity index (χ1) is 8.78. The monoisotopic (exact) mass is 260 g/mol. The minimum atomic E-state index is 0.599. The van der Waals surface area contributed by atoms with Gasteiger partial charge in [-0.25, -0.2) is 4.98 Å². The average Bonchev–Trinajstić information content (AvgIpc) is 2.81. The molecule has 3 heteroatoms. The largest absolute Gasteiger partial charge is 0.330 e. The van der Waals surface area contributed by atoms with Crippen molar-refractivity contribution in [3.63, 3.8) is 0 Å². The standard InChI is InChI=1S/C15H20N2S/c1-10-6-7-14-13(8-10)17-15(18-14)12-5-3-2-4-11(12)9-16/h6-8,11-12H,2-5,9,16H2,1H3. The van der Waals surface area contributed by atoms with Gasteiger partial charge in [-0.2, -0.15) is 0 Å². The second-order valence-corrected chi connectivity index (χ2v) is 6.47. The maximum Gasteiger partial charge on any atom is 0.0972 e. The van der Waals surface area contributed by atoms with Crippen molar-refractivity contribution in [3.8, 4) is 0 Å². The number of fused-ring (bicyclic) bond motifs is 1. The van der Waals surface area contributed by atoms with E-state index >= 15 is 0 Å². The number of benzene rings is 1. The Morgan fingerprint density at radius 2 is 2.17 bits per heavy atom. The molecule has 2 atom stereocenters. The van der Waals surface area contributed by atoms with E-state index in [1.54, 1.807) is 0 Å². The molecule has 18 heavy (non-hydrogen) atoms. The third-order valence-corrected chi connectivity index (χ3v) is 5.26. The lowest BCUT2D eigenvalue weighted by Crippen LogP contribution is -2.25. The Morgan fingerprint density at radius 1 is 1.33 bits per heavy atom. The third kappa shape index (κ3) is 2.17. The van der Waals surface area contributed by atoms with Crippen molar-refractivity contribution in [1.82, 2.24) is 4.98 Å². The van der Waals surface area contributed by atoms with Crippen molar-refractivity contribution in [1.29, 1.82) is 0 Å². The van der Waals surface area contributed by atoms with Gasteiger partial charge < -0.3 is 5.73 Å². The molecule has 3 rings (SSSR count). The molecule has 1 fully saturated rings. The first kappa shape index (κ1) is 12.1. The van der Waals surface area contributed by atoms with Crippen LogP contribution in [0.4, 0.5) is 0 Å². The quantitative estimate of drug-likeness (QED) is 0.891. The van der Waals surface area contributed by atoms with Gasteiger partial charge in [-0.3, -0.25) is 0 Å². The van der Waals surface area contributed by atoms with Crippen LogP contribution in [0, 0.1) is 12.8 Å². The van der Waals surface area contributed by atoms with Gasteiger partial charge in [0.15, 0.2) is 0 Å². The molecule has 1 saturated carbocycles. The predicted molar refractivity (Wildman–Crippen MR) is 78.1 cm³/mol. The van der Waals surface area contributed by atoms with Crippen LogP contribution in [0.25, 0.3) is 10.2 Å². The maximum atomic E-state index is 5.93. The molecule has 0 spiro atoms. The Kier molecular flexibility index (Phi) is 3.35. The molecule has 2 nitrogen and oxygen atoms in total. The maximum absolute atomic E-state index is 5.93. The summed E-state index contributed by atoms with van der Waals surface area (Å²) in [6.45, 7) is 2.93. The zero-order valence-corrected chi connectivity index (χ0v) is 11.7. The molecule has 0 radical (unpaired) electrons. The van der Waals surface area contributed by atoms with E-state index in [0.29, 0.717) is 11.8 Å². The van der Waals surface area contributed by atoms with E-state index in [1.807, 2.05) is 11.3 Å². The second kappa shape index (κ2) is 4.98. The van der Waals surface area contributed by atoms with Crippen LogP contribution >= 0.6 is 11.3 Å². The van der Waals surface area contributed by atoms with Crippen LogP contribution in [-0.4, -0.2) is 11.5 Å². The lowest BCUT2D eigenvalue weighted by Gasteiger charge is -2.28. The number of rotatable bonds is 2. The summed E-state index contributed by atoms with van der Waals surface area (Å²) in [4.78, 5) is 4.86. The molecule has 2 aromatic rings. The number of nitrogens with two attached hydrogens (primary N) is 1. The van der Waals surface area contributed by atoms with Crippen LogP contribution in [0.2, 0.25) is 0 Å². The van der Waals surface area contributed by atoms with Gasteiger partial charge in [0, 0.05) is 5.92 Å². The molecule has 1 aliphatic carbocycles.